The van der Waals surface area contributed by atoms with Crippen molar-refractivity contribution >= 4 is 0 Å². The molecule has 0 aliphatic rings. The highest BCUT2D eigenvalue weighted by atomic mass is 16.3. The predicted octanol–water partition coefficient (Wildman–Crippen LogP) is 3.01. The van der Waals surface area contributed by atoms with Crippen LogP contribution in [0.5, 0.6) is 0 Å². The lowest BCUT2D eigenvalue weighted by Gasteiger charge is -2.23. The number of nitrogens with zero attached hydrogens (tertiary/aromatic N) is 2. The van der Waals surface area contributed by atoms with E-state index in [0.29, 0.717) is 6.54 Å². The Kier molecular flexibility index (Phi) is 6.26. The molecular formula is C21H23N3O. The number of aliphatic hydroxyl groups is 1. The maximum absolute atomic E-state index is 9.76. The van der Waals surface area contributed by atoms with E-state index >= 15 is 0 Å². The number of pyridine rings is 2. The topological polar surface area (TPSA) is 58.0 Å². The van der Waals surface area contributed by atoms with Gasteiger partial charge in [0.05, 0.1) is 6.04 Å². The van der Waals surface area contributed by atoms with Gasteiger partial charge in [0.15, 0.2) is 0 Å². The van der Waals surface area contributed by atoms with Gasteiger partial charge in [0.2, 0.25) is 0 Å². The number of rotatable bonds is 8. The van der Waals surface area contributed by atoms with E-state index in [1.807, 2.05) is 60.9 Å². The first-order chi connectivity index (χ1) is 12.4. The molecule has 1 aromatic carbocycles. The summed E-state index contributed by atoms with van der Waals surface area (Å²) in [5, 5.41) is 13.4. The molecule has 2 heterocycles. The molecule has 0 radical (unpaired) electrons. The molecule has 128 valence electrons. The van der Waals surface area contributed by atoms with Crippen LogP contribution in [0.15, 0.2) is 79.3 Å². The molecule has 2 aromatic heterocycles. The molecule has 4 heteroatoms. The summed E-state index contributed by atoms with van der Waals surface area (Å²) >= 11 is 0. The van der Waals surface area contributed by atoms with E-state index < -0.39 is 0 Å². The average Bonchev–Trinajstić information content (AvgIpc) is 2.69. The Morgan fingerprint density at radius 3 is 2.24 bits per heavy atom. The predicted molar refractivity (Wildman–Crippen MR) is 99.0 cm³/mol. The highest BCUT2D eigenvalue weighted by molar-refractivity contribution is 5.30. The van der Waals surface area contributed by atoms with Crippen LogP contribution in [-0.2, 0) is 6.42 Å². The van der Waals surface area contributed by atoms with Crippen molar-refractivity contribution in [3.63, 3.8) is 0 Å². The molecule has 0 aliphatic heterocycles. The first kappa shape index (κ1) is 17.3. The van der Waals surface area contributed by atoms with Gasteiger partial charge < -0.3 is 10.4 Å². The summed E-state index contributed by atoms with van der Waals surface area (Å²) in [5.74, 6) is 0.114. The van der Waals surface area contributed by atoms with Crippen LogP contribution in [0.25, 0.3) is 0 Å². The summed E-state index contributed by atoms with van der Waals surface area (Å²) in [5.41, 5.74) is 3.36. The quantitative estimate of drug-likeness (QED) is 0.665. The zero-order chi connectivity index (χ0) is 17.3. The van der Waals surface area contributed by atoms with Gasteiger partial charge in [-0.25, -0.2) is 0 Å². The third-order valence-electron chi connectivity index (χ3n) is 4.27. The van der Waals surface area contributed by atoms with E-state index in [2.05, 4.69) is 27.4 Å². The van der Waals surface area contributed by atoms with Gasteiger partial charge in [0.1, 0.15) is 0 Å². The molecule has 3 aromatic rings. The molecule has 0 aliphatic carbocycles. The molecule has 2 atom stereocenters. The standard InChI is InChI=1S/C21H23N3O/c25-16-17(14-20-8-4-5-11-23-20)15-24-21(18-6-2-1-3-7-18)19-9-12-22-13-10-19/h1-13,17,21,24-25H,14-16H2. The Labute approximate surface area is 148 Å². The monoisotopic (exact) mass is 333 g/mol. The lowest BCUT2D eigenvalue weighted by Crippen LogP contribution is -2.31. The number of aromatic nitrogens is 2. The summed E-state index contributed by atoms with van der Waals surface area (Å²) in [6.07, 6.45) is 6.16. The summed E-state index contributed by atoms with van der Waals surface area (Å²) in [6.45, 7) is 0.830. The summed E-state index contributed by atoms with van der Waals surface area (Å²) < 4.78 is 0. The van der Waals surface area contributed by atoms with Gasteiger partial charge in [0, 0.05) is 37.4 Å². The maximum atomic E-state index is 9.76. The second-order valence-corrected chi connectivity index (χ2v) is 6.11. The molecule has 2 N–H and O–H groups in total. The Morgan fingerprint density at radius 2 is 1.56 bits per heavy atom. The van der Waals surface area contributed by atoms with Gasteiger partial charge in [0.25, 0.3) is 0 Å². The molecule has 0 saturated heterocycles. The molecule has 0 spiro atoms. The van der Waals surface area contributed by atoms with Crippen molar-refractivity contribution in [1.82, 2.24) is 15.3 Å². The van der Waals surface area contributed by atoms with Crippen molar-refractivity contribution in [2.75, 3.05) is 13.2 Å². The van der Waals surface area contributed by atoms with Crippen LogP contribution < -0.4 is 5.32 Å². The minimum Gasteiger partial charge on any atom is -0.396 e. The number of aliphatic hydroxyl groups excluding tert-OH is 1. The van der Waals surface area contributed by atoms with Gasteiger partial charge in [-0.1, -0.05) is 36.4 Å². The highest BCUT2D eigenvalue weighted by Crippen LogP contribution is 2.21. The summed E-state index contributed by atoms with van der Waals surface area (Å²) in [6, 6.07) is 20.3. The molecule has 2 unspecified atom stereocenters. The van der Waals surface area contributed by atoms with Crippen LogP contribution in [-0.4, -0.2) is 28.2 Å². The third kappa shape index (κ3) is 4.95. The van der Waals surface area contributed by atoms with Gasteiger partial charge in [-0.2, -0.15) is 0 Å². The Hall–Kier alpha value is -2.56. The number of hydrogen-bond donors (Lipinski definition) is 2. The van der Waals surface area contributed by atoms with Gasteiger partial charge in [-0.3, -0.25) is 9.97 Å². The van der Waals surface area contributed by atoms with Crippen LogP contribution in [0.3, 0.4) is 0 Å². The van der Waals surface area contributed by atoms with Crippen molar-refractivity contribution in [3.8, 4) is 0 Å². The SMILES string of the molecule is OCC(CNC(c1ccccc1)c1ccncc1)Cc1ccccn1. The van der Waals surface area contributed by atoms with E-state index in [1.54, 1.807) is 6.20 Å². The normalized spacial score (nSPS) is 13.3. The van der Waals surface area contributed by atoms with E-state index in [-0.39, 0.29) is 18.6 Å². The fourth-order valence-corrected chi connectivity index (χ4v) is 2.93. The lowest BCUT2D eigenvalue weighted by atomic mass is 9.97. The molecule has 0 bridgehead atoms. The van der Waals surface area contributed by atoms with Crippen molar-refractivity contribution in [3.05, 3.63) is 96.1 Å². The van der Waals surface area contributed by atoms with E-state index in [4.69, 9.17) is 0 Å². The fraction of sp³-hybridized carbons (Fsp3) is 0.238. The molecular weight excluding hydrogens is 310 g/mol. The number of nitrogens with one attached hydrogen (secondary N) is 1. The van der Waals surface area contributed by atoms with Crippen LogP contribution >= 0.6 is 0 Å². The highest BCUT2D eigenvalue weighted by Gasteiger charge is 2.16. The molecule has 0 fully saturated rings. The maximum Gasteiger partial charge on any atom is 0.0577 e. The van der Waals surface area contributed by atoms with Crippen LogP contribution in [0.4, 0.5) is 0 Å². The van der Waals surface area contributed by atoms with E-state index in [0.717, 1.165) is 17.7 Å². The summed E-state index contributed by atoms with van der Waals surface area (Å²) in [7, 11) is 0. The number of hydrogen-bond acceptors (Lipinski definition) is 4. The molecule has 25 heavy (non-hydrogen) atoms. The van der Waals surface area contributed by atoms with E-state index in [9.17, 15) is 5.11 Å². The van der Waals surface area contributed by atoms with Crippen molar-refractivity contribution < 1.29 is 5.11 Å². The largest absolute Gasteiger partial charge is 0.396 e. The third-order valence-corrected chi connectivity index (χ3v) is 4.27. The minimum absolute atomic E-state index is 0.0713. The first-order valence-electron chi connectivity index (χ1n) is 8.56. The van der Waals surface area contributed by atoms with Crippen molar-refractivity contribution in [2.24, 2.45) is 5.92 Å². The molecule has 3 rings (SSSR count). The van der Waals surface area contributed by atoms with Crippen LogP contribution in [0, 0.1) is 5.92 Å². The first-order valence-corrected chi connectivity index (χ1v) is 8.56. The smallest absolute Gasteiger partial charge is 0.0577 e. The second-order valence-electron chi connectivity index (χ2n) is 6.11. The lowest BCUT2D eigenvalue weighted by molar-refractivity contribution is 0.219. The Morgan fingerprint density at radius 1 is 0.840 bits per heavy atom. The van der Waals surface area contributed by atoms with Crippen molar-refractivity contribution in [1.29, 1.82) is 0 Å². The Balaban J connectivity index is 1.72. The number of benzene rings is 1. The summed E-state index contributed by atoms with van der Waals surface area (Å²) in [4.78, 5) is 8.48. The van der Waals surface area contributed by atoms with Crippen LogP contribution in [0.1, 0.15) is 22.9 Å². The zero-order valence-corrected chi connectivity index (χ0v) is 14.1. The van der Waals surface area contributed by atoms with E-state index in [1.165, 1.54) is 5.56 Å². The van der Waals surface area contributed by atoms with Gasteiger partial charge >= 0.3 is 0 Å². The van der Waals surface area contributed by atoms with Crippen molar-refractivity contribution in [2.45, 2.75) is 12.5 Å². The molecule has 0 amide bonds. The zero-order valence-electron chi connectivity index (χ0n) is 14.1. The minimum atomic E-state index is 0.0713. The van der Waals surface area contributed by atoms with Gasteiger partial charge in [-0.15, -0.1) is 0 Å². The average molecular weight is 333 g/mol. The Bertz CT molecular complexity index is 695. The molecule has 4 nitrogen and oxygen atoms in total. The van der Waals surface area contributed by atoms with Gasteiger partial charge in [-0.05, 0) is 47.7 Å². The second kappa shape index (κ2) is 9.06. The fourth-order valence-electron chi connectivity index (χ4n) is 2.93. The van der Waals surface area contributed by atoms with Crippen LogP contribution in [0.2, 0.25) is 0 Å². The molecule has 0 saturated carbocycles.